The smallest absolute Gasteiger partial charge is 0.449 e. The van der Waals surface area contributed by atoms with Gasteiger partial charge in [-0.05, 0) is 30.3 Å². The fourth-order valence-corrected chi connectivity index (χ4v) is 1.73. The number of rotatable bonds is 4. The zero-order valence-electron chi connectivity index (χ0n) is 12.5. The second-order valence-electron chi connectivity index (χ2n) is 4.76. The molecule has 0 aliphatic rings. The van der Waals surface area contributed by atoms with E-state index in [4.69, 9.17) is 4.74 Å². The summed E-state index contributed by atoms with van der Waals surface area (Å²) < 4.78 is 110. The Kier molecular flexibility index (Phi) is 5.43. The lowest BCUT2D eigenvalue weighted by molar-refractivity contribution is -0.137. The molecule has 26 heavy (non-hydrogen) atoms. The Morgan fingerprint density at radius 3 is 1.96 bits per heavy atom. The van der Waals surface area contributed by atoms with Gasteiger partial charge >= 0.3 is 18.4 Å². The fraction of sp³-hybridized carbons (Fsp3) is 0.125. The van der Waals surface area contributed by atoms with E-state index in [1.165, 1.54) is 12.1 Å². The zero-order valence-corrected chi connectivity index (χ0v) is 12.5. The van der Waals surface area contributed by atoms with Crippen LogP contribution in [-0.4, -0.2) is 6.18 Å². The van der Waals surface area contributed by atoms with Gasteiger partial charge in [-0.3, -0.25) is 0 Å². The van der Waals surface area contributed by atoms with Gasteiger partial charge in [0, 0.05) is 0 Å². The van der Waals surface area contributed by atoms with Crippen molar-refractivity contribution in [2.24, 2.45) is 0 Å². The van der Waals surface area contributed by atoms with Crippen molar-refractivity contribution in [3.05, 3.63) is 65.9 Å². The molecule has 0 saturated heterocycles. The Labute approximate surface area is 141 Å². The van der Waals surface area contributed by atoms with E-state index in [1.807, 2.05) is 0 Å². The fourth-order valence-electron chi connectivity index (χ4n) is 1.73. The van der Waals surface area contributed by atoms with Gasteiger partial charge < -0.3 is 9.47 Å². The third kappa shape index (κ3) is 4.87. The SMILES string of the molecule is F/C(Oc1ccccc1Oc1cccc(C(F)(F)F)c1)=C(\F)C(F)(F)F. The Balaban J connectivity index is 2.31. The predicted molar refractivity (Wildman–Crippen MR) is 73.9 cm³/mol. The van der Waals surface area contributed by atoms with Crippen LogP contribution in [0, 0.1) is 0 Å². The molecule has 0 saturated carbocycles. The number of alkyl halides is 6. The van der Waals surface area contributed by atoms with E-state index in [2.05, 4.69) is 4.74 Å². The Morgan fingerprint density at radius 2 is 1.38 bits per heavy atom. The van der Waals surface area contributed by atoms with Gasteiger partial charge in [-0.15, -0.1) is 0 Å². The molecule has 0 atom stereocenters. The van der Waals surface area contributed by atoms with Gasteiger partial charge in [0.15, 0.2) is 11.5 Å². The van der Waals surface area contributed by atoms with Crippen LogP contribution in [0.4, 0.5) is 35.1 Å². The van der Waals surface area contributed by atoms with Crippen molar-refractivity contribution < 1.29 is 44.6 Å². The van der Waals surface area contributed by atoms with Crippen molar-refractivity contribution in [2.75, 3.05) is 0 Å². The van der Waals surface area contributed by atoms with Gasteiger partial charge in [-0.2, -0.15) is 35.1 Å². The summed E-state index contributed by atoms with van der Waals surface area (Å²) in [4.78, 5) is 0. The molecule has 0 amide bonds. The van der Waals surface area contributed by atoms with Gasteiger partial charge in [-0.25, -0.2) is 0 Å². The van der Waals surface area contributed by atoms with Crippen LogP contribution in [0.1, 0.15) is 5.56 Å². The first-order valence-corrected chi connectivity index (χ1v) is 6.73. The molecule has 2 aromatic rings. The number of ether oxygens (including phenoxy) is 2. The minimum atomic E-state index is -5.60. The summed E-state index contributed by atoms with van der Waals surface area (Å²) in [5.41, 5.74) is -1.04. The molecule has 0 spiro atoms. The van der Waals surface area contributed by atoms with Gasteiger partial charge in [-0.1, -0.05) is 18.2 Å². The molecule has 2 nitrogen and oxygen atoms in total. The van der Waals surface area contributed by atoms with Crippen LogP contribution >= 0.6 is 0 Å². The lowest BCUT2D eigenvalue weighted by Gasteiger charge is -2.13. The summed E-state index contributed by atoms with van der Waals surface area (Å²) >= 11 is 0. The molecule has 2 aromatic carbocycles. The first kappa shape index (κ1) is 19.5. The summed E-state index contributed by atoms with van der Waals surface area (Å²) in [5, 5.41) is 0. The van der Waals surface area contributed by atoms with Crippen LogP contribution in [0.2, 0.25) is 0 Å². The van der Waals surface area contributed by atoms with E-state index < -0.39 is 41.3 Å². The summed E-state index contributed by atoms with van der Waals surface area (Å²) in [6.45, 7) is 0. The third-order valence-corrected chi connectivity index (χ3v) is 2.86. The number of hydrogen-bond acceptors (Lipinski definition) is 2. The van der Waals surface area contributed by atoms with Gasteiger partial charge in [0.1, 0.15) is 5.75 Å². The van der Waals surface area contributed by atoms with Gasteiger partial charge in [0.05, 0.1) is 5.56 Å². The van der Waals surface area contributed by atoms with Crippen molar-refractivity contribution in [3.8, 4) is 17.2 Å². The van der Waals surface area contributed by atoms with Crippen molar-refractivity contribution in [3.63, 3.8) is 0 Å². The first-order valence-electron chi connectivity index (χ1n) is 6.73. The van der Waals surface area contributed by atoms with Crippen LogP contribution in [0.5, 0.6) is 17.2 Å². The van der Waals surface area contributed by atoms with E-state index in [1.54, 1.807) is 0 Å². The maximum atomic E-state index is 13.3. The normalized spacial score (nSPS) is 13.2. The Bertz CT molecular complexity index is 808. The average Bonchev–Trinajstić information content (AvgIpc) is 2.54. The zero-order chi connectivity index (χ0) is 19.5. The maximum absolute atomic E-state index is 13.3. The van der Waals surface area contributed by atoms with Gasteiger partial charge in [0.25, 0.3) is 5.83 Å². The number of benzene rings is 2. The monoisotopic (exact) mass is 384 g/mol. The third-order valence-electron chi connectivity index (χ3n) is 2.86. The molecular formula is C16H8F8O2. The highest BCUT2D eigenvalue weighted by molar-refractivity contribution is 5.44. The molecule has 140 valence electrons. The molecular weight excluding hydrogens is 376 g/mol. The lowest BCUT2D eigenvalue weighted by Crippen LogP contribution is -2.11. The average molecular weight is 384 g/mol. The van der Waals surface area contributed by atoms with Crippen molar-refractivity contribution in [1.82, 2.24) is 0 Å². The lowest BCUT2D eigenvalue weighted by atomic mass is 10.2. The maximum Gasteiger partial charge on any atom is 0.449 e. The predicted octanol–water partition coefficient (Wildman–Crippen LogP) is 6.55. The van der Waals surface area contributed by atoms with Gasteiger partial charge in [0.2, 0.25) is 0 Å². The van der Waals surface area contributed by atoms with Crippen LogP contribution in [0.25, 0.3) is 0 Å². The van der Waals surface area contributed by atoms with E-state index in [0.717, 1.165) is 30.3 Å². The molecule has 0 heterocycles. The molecule has 0 unspecified atom stereocenters. The van der Waals surface area contributed by atoms with Crippen LogP contribution in [0.3, 0.4) is 0 Å². The summed E-state index contributed by atoms with van der Waals surface area (Å²) in [6.07, 6.45) is -10.2. The quantitative estimate of drug-likeness (QED) is 0.440. The second kappa shape index (κ2) is 7.22. The molecule has 0 aliphatic heterocycles. The highest BCUT2D eigenvalue weighted by atomic mass is 19.4. The van der Waals surface area contributed by atoms with E-state index in [-0.39, 0.29) is 5.75 Å². The van der Waals surface area contributed by atoms with Crippen LogP contribution < -0.4 is 9.47 Å². The molecule has 0 aromatic heterocycles. The van der Waals surface area contributed by atoms with Crippen LogP contribution in [0.15, 0.2) is 60.4 Å². The molecule has 2 rings (SSSR count). The van der Waals surface area contributed by atoms with Crippen LogP contribution in [-0.2, 0) is 6.18 Å². The number of allylic oxidation sites excluding steroid dienone is 1. The number of halogens is 8. The largest absolute Gasteiger partial charge is 0.453 e. The van der Waals surface area contributed by atoms with Crippen molar-refractivity contribution in [1.29, 1.82) is 0 Å². The molecule has 10 heteroatoms. The molecule has 0 N–H and O–H groups in total. The molecule has 0 aliphatic carbocycles. The van der Waals surface area contributed by atoms with E-state index in [9.17, 15) is 35.1 Å². The molecule has 0 fully saturated rings. The standard InChI is InChI=1S/C16H8F8O2/c17-13(16(22,23)24)14(18)26-12-7-2-1-6-11(12)25-10-5-3-4-9(8-10)15(19,20)21/h1-8H/b14-13+. The first-order chi connectivity index (χ1) is 12.0. The Hall–Kier alpha value is -2.78. The second-order valence-corrected chi connectivity index (χ2v) is 4.76. The summed E-state index contributed by atoms with van der Waals surface area (Å²) in [6, 6.07) is 5.57. The highest BCUT2D eigenvalue weighted by Gasteiger charge is 2.39. The molecule has 0 bridgehead atoms. The Morgan fingerprint density at radius 1 is 0.769 bits per heavy atom. The highest BCUT2D eigenvalue weighted by Crippen LogP contribution is 2.37. The number of para-hydroxylation sites is 2. The number of hydrogen-bond donors (Lipinski definition) is 0. The minimum absolute atomic E-state index is 0.337. The van der Waals surface area contributed by atoms with Crippen molar-refractivity contribution >= 4 is 0 Å². The minimum Gasteiger partial charge on any atom is -0.453 e. The summed E-state index contributed by atoms with van der Waals surface area (Å²) in [7, 11) is 0. The summed E-state index contributed by atoms with van der Waals surface area (Å²) in [5.74, 6) is -4.51. The van der Waals surface area contributed by atoms with E-state index in [0.29, 0.717) is 6.07 Å². The van der Waals surface area contributed by atoms with E-state index >= 15 is 0 Å². The molecule has 0 radical (unpaired) electrons. The topological polar surface area (TPSA) is 18.5 Å². The van der Waals surface area contributed by atoms with Crippen molar-refractivity contribution in [2.45, 2.75) is 12.4 Å².